The molecule has 0 saturated carbocycles. The summed E-state index contributed by atoms with van der Waals surface area (Å²) in [6.45, 7) is 2.23. The molecule has 1 aromatic rings. The number of benzene rings is 1. The Morgan fingerprint density at radius 1 is 1.30 bits per heavy atom. The van der Waals surface area contributed by atoms with Gasteiger partial charge in [-0.1, -0.05) is 30.3 Å². The number of urea groups is 1. The topological polar surface area (TPSA) is 87.7 Å². The van der Waals surface area contributed by atoms with Crippen LogP contribution >= 0.6 is 0 Å². The van der Waals surface area contributed by atoms with Crippen LogP contribution in [0.3, 0.4) is 0 Å². The number of carboxylic acid groups (broad SMARTS) is 1. The van der Waals surface area contributed by atoms with E-state index in [4.69, 9.17) is 4.74 Å². The van der Waals surface area contributed by atoms with E-state index in [0.717, 1.165) is 0 Å². The third kappa shape index (κ3) is 5.27. The van der Waals surface area contributed by atoms with E-state index in [1.54, 1.807) is 38.3 Å². The smallest absolute Gasteiger partial charge is 0.315 e. The molecule has 110 valence electrons. The second-order valence-corrected chi connectivity index (χ2v) is 4.51. The number of amides is 2. The lowest BCUT2D eigenvalue weighted by atomic mass is 9.99. The van der Waals surface area contributed by atoms with Gasteiger partial charge in [0.15, 0.2) is 0 Å². The van der Waals surface area contributed by atoms with Gasteiger partial charge in [0.2, 0.25) is 0 Å². The van der Waals surface area contributed by atoms with E-state index in [1.807, 2.05) is 6.07 Å². The molecular formula is C14H20N2O4. The quantitative estimate of drug-likeness (QED) is 0.700. The number of rotatable bonds is 7. The summed E-state index contributed by atoms with van der Waals surface area (Å²) >= 11 is 0. The number of hydrogen-bond acceptors (Lipinski definition) is 3. The molecule has 1 aromatic carbocycles. The van der Waals surface area contributed by atoms with E-state index in [2.05, 4.69) is 10.6 Å². The first kappa shape index (κ1) is 16.0. The summed E-state index contributed by atoms with van der Waals surface area (Å²) in [6.07, 6.45) is 0. The minimum atomic E-state index is -0.971. The van der Waals surface area contributed by atoms with Gasteiger partial charge in [-0.05, 0) is 12.5 Å². The largest absolute Gasteiger partial charge is 0.481 e. The number of ether oxygens (including phenoxy) is 1. The highest BCUT2D eigenvalue weighted by Crippen LogP contribution is 2.14. The molecule has 0 aromatic heterocycles. The fourth-order valence-electron chi connectivity index (χ4n) is 1.79. The Morgan fingerprint density at radius 2 is 1.95 bits per heavy atom. The van der Waals surface area contributed by atoms with Gasteiger partial charge in [-0.3, -0.25) is 4.79 Å². The van der Waals surface area contributed by atoms with Crippen molar-refractivity contribution in [3.8, 4) is 0 Å². The van der Waals surface area contributed by atoms with Gasteiger partial charge >= 0.3 is 12.0 Å². The molecule has 6 nitrogen and oxygen atoms in total. The Balaban J connectivity index is 2.52. The Hall–Kier alpha value is -2.08. The molecule has 1 rings (SSSR count). The lowest BCUT2D eigenvalue weighted by molar-refractivity contribution is -0.138. The molecule has 0 aliphatic carbocycles. The summed E-state index contributed by atoms with van der Waals surface area (Å²) in [6, 6.07) is 8.27. The predicted octanol–water partition coefficient (Wildman–Crippen LogP) is 1.19. The summed E-state index contributed by atoms with van der Waals surface area (Å²) < 4.78 is 4.90. The molecule has 2 amide bonds. The Labute approximate surface area is 118 Å². The van der Waals surface area contributed by atoms with Gasteiger partial charge in [0.05, 0.1) is 18.6 Å². The van der Waals surface area contributed by atoms with Crippen LogP contribution in [0.25, 0.3) is 0 Å². The van der Waals surface area contributed by atoms with E-state index in [0.29, 0.717) is 12.2 Å². The molecule has 20 heavy (non-hydrogen) atoms. The number of carbonyl (C=O) groups is 2. The number of aliphatic carboxylic acids is 1. The van der Waals surface area contributed by atoms with Crippen LogP contribution in [0.1, 0.15) is 18.4 Å². The van der Waals surface area contributed by atoms with Crippen LogP contribution < -0.4 is 10.6 Å². The van der Waals surface area contributed by atoms with E-state index >= 15 is 0 Å². The highest BCUT2D eigenvalue weighted by atomic mass is 16.5. The van der Waals surface area contributed by atoms with E-state index < -0.39 is 17.9 Å². The van der Waals surface area contributed by atoms with Crippen molar-refractivity contribution in [2.75, 3.05) is 20.3 Å². The fraction of sp³-hybridized carbons (Fsp3) is 0.429. The summed E-state index contributed by atoms with van der Waals surface area (Å²) in [5.41, 5.74) is 0.658. The maximum Gasteiger partial charge on any atom is 0.315 e. The second-order valence-electron chi connectivity index (χ2n) is 4.51. The van der Waals surface area contributed by atoms with Gasteiger partial charge in [0.1, 0.15) is 0 Å². The average Bonchev–Trinajstić information content (AvgIpc) is 2.40. The third-order valence-electron chi connectivity index (χ3n) is 2.76. The fourth-order valence-corrected chi connectivity index (χ4v) is 1.79. The van der Waals surface area contributed by atoms with E-state index in [9.17, 15) is 14.7 Å². The van der Waals surface area contributed by atoms with Crippen LogP contribution in [-0.2, 0) is 9.53 Å². The van der Waals surface area contributed by atoms with Crippen LogP contribution in [0.2, 0.25) is 0 Å². The first-order valence-corrected chi connectivity index (χ1v) is 6.35. The summed E-state index contributed by atoms with van der Waals surface area (Å²) in [4.78, 5) is 22.9. The molecule has 0 saturated heterocycles. The van der Waals surface area contributed by atoms with Crippen molar-refractivity contribution < 1.29 is 19.4 Å². The number of methoxy groups -OCH3 is 1. The molecule has 3 N–H and O–H groups in total. The van der Waals surface area contributed by atoms with E-state index in [-0.39, 0.29) is 12.6 Å². The predicted molar refractivity (Wildman–Crippen MR) is 74.7 cm³/mol. The molecule has 0 radical (unpaired) electrons. The Morgan fingerprint density at radius 3 is 2.50 bits per heavy atom. The van der Waals surface area contributed by atoms with Crippen molar-refractivity contribution >= 4 is 12.0 Å². The molecule has 2 unspecified atom stereocenters. The minimum absolute atomic E-state index is 0.0326. The van der Waals surface area contributed by atoms with E-state index in [1.165, 1.54) is 0 Å². The molecule has 0 aliphatic rings. The van der Waals surface area contributed by atoms with Gasteiger partial charge in [-0.25, -0.2) is 4.79 Å². The first-order valence-electron chi connectivity index (χ1n) is 6.35. The zero-order valence-corrected chi connectivity index (χ0v) is 11.6. The van der Waals surface area contributed by atoms with Crippen molar-refractivity contribution in [3.63, 3.8) is 0 Å². The van der Waals surface area contributed by atoms with Gasteiger partial charge in [-0.2, -0.15) is 0 Å². The summed E-state index contributed by atoms with van der Waals surface area (Å²) in [5.74, 6) is -1.74. The standard InChI is InChI=1S/C14H20N2O4/c1-10(9-20-2)16-14(19)15-8-12(13(17)18)11-6-4-3-5-7-11/h3-7,10,12H,8-9H2,1-2H3,(H,17,18)(H2,15,16,19). The number of carboxylic acids is 1. The maximum atomic E-state index is 11.6. The Bertz CT molecular complexity index is 436. The molecule has 0 aliphatic heterocycles. The zero-order chi connectivity index (χ0) is 15.0. The van der Waals surface area contributed by atoms with Gasteiger partial charge < -0.3 is 20.5 Å². The third-order valence-corrected chi connectivity index (χ3v) is 2.76. The van der Waals surface area contributed by atoms with Crippen molar-refractivity contribution in [3.05, 3.63) is 35.9 Å². The highest BCUT2D eigenvalue weighted by Gasteiger charge is 2.20. The average molecular weight is 280 g/mol. The van der Waals surface area contributed by atoms with Gasteiger partial charge in [0, 0.05) is 13.7 Å². The lowest BCUT2D eigenvalue weighted by Crippen LogP contribution is -2.44. The van der Waals surface area contributed by atoms with Crippen molar-refractivity contribution in [2.24, 2.45) is 0 Å². The molecule has 0 bridgehead atoms. The number of carbonyl (C=O) groups excluding carboxylic acids is 1. The van der Waals surface area contributed by atoms with Crippen molar-refractivity contribution in [1.29, 1.82) is 0 Å². The van der Waals surface area contributed by atoms with Crippen LogP contribution in [0.15, 0.2) is 30.3 Å². The maximum absolute atomic E-state index is 11.6. The van der Waals surface area contributed by atoms with Crippen LogP contribution in [0.5, 0.6) is 0 Å². The van der Waals surface area contributed by atoms with Crippen LogP contribution in [0, 0.1) is 0 Å². The van der Waals surface area contributed by atoms with Crippen molar-refractivity contribution in [1.82, 2.24) is 10.6 Å². The zero-order valence-electron chi connectivity index (χ0n) is 11.6. The first-order chi connectivity index (χ1) is 9.54. The van der Waals surface area contributed by atoms with Gasteiger partial charge in [-0.15, -0.1) is 0 Å². The summed E-state index contributed by atoms with van der Waals surface area (Å²) in [7, 11) is 1.55. The number of nitrogens with one attached hydrogen (secondary N) is 2. The molecule has 2 atom stereocenters. The molecule has 0 heterocycles. The molecule has 6 heteroatoms. The normalized spacial score (nSPS) is 13.3. The SMILES string of the molecule is COCC(C)NC(=O)NCC(C(=O)O)c1ccccc1. The van der Waals surface area contributed by atoms with Gasteiger partial charge in [0.25, 0.3) is 0 Å². The highest BCUT2D eigenvalue weighted by molar-refractivity contribution is 5.79. The molecular weight excluding hydrogens is 260 g/mol. The Kier molecular flexibility index (Phi) is 6.52. The minimum Gasteiger partial charge on any atom is -0.481 e. The summed E-state index contributed by atoms with van der Waals surface area (Å²) in [5, 5.41) is 14.4. The van der Waals surface area contributed by atoms with Crippen LogP contribution in [0.4, 0.5) is 4.79 Å². The molecule has 0 fully saturated rings. The number of hydrogen-bond donors (Lipinski definition) is 3. The molecule has 0 spiro atoms. The lowest BCUT2D eigenvalue weighted by Gasteiger charge is -2.16. The van der Waals surface area contributed by atoms with Crippen molar-refractivity contribution in [2.45, 2.75) is 18.9 Å². The van der Waals surface area contributed by atoms with Crippen LogP contribution in [-0.4, -0.2) is 43.4 Å². The monoisotopic (exact) mass is 280 g/mol. The second kappa shape index (κ2) is 8.16.